The highest BCUT2D eigenvalue weighted by Gasteiger charge is 2.41. The van der Waals surface area contributed by atoms with E-state index in [4.69, 9.17) is 16.3 Å². The summed E-state index contributed by atoms with van der Waals surface area (Å²) in [4.78, 5) is 15.2. The zero-order chi connectivity index (χ0) is 19.5. The van der Waals surface area contributed by atoms with Crippen molar-refractivity contribution in [3.63, 3.8) is 0 Å². The van der Waals surface area contributed by atoms with Gasteiger partial charge in [0, 0.05) is 29.7 Å². The summed E-state index contributed by atoms with van der Waals surface area (Å²) in [6.45, 7) is 2.80. The molecular weight excluding hydrogens is 372 g/mol. The molecule has 3 atom stereocenters. The van der Waals surface area contributed by atoms with Crippen molar-refractivity contribution in [2.45, 2.75) is 63.4 Å². The summed E-state index contributed by atoms with van der Waals surface area (Å²) in [7, 11) is 0. The summed E-state index contributed by atoms with van der Waals surface area (Å²) in [5.74, 6) is 0.612. The van der Waals surface area contributed by atoms with Crippen LogP contribution >= 0.6 is 11.6 Å². The fraction of sp³-hybridized carbons (Fsp3) is 0.435. The normalized spacial score (nSPS) is 25.3. The van der Waals surface area contributed by atoms with Gasteiger partial charge in [-0.1, -0.05) is 41.9 Å². The number of halogens is 1. The van der Waals surface area contributed by atoms with E-state index in [1.807, 2.05) is 0 Å². The van der Waals surface area contributed by atoms with Gasteiger partial charge in [-0.15, -0.1) is 0 Å². The average molecular weight is 399 g/mol. The van der Waals surface area contributed by atoms with E-state index in [9.17, 15) is 4.79 Å². The molecule has 2 heterocycles. The van der Waals surface area contributed by atoms with Gasteiger partial charge in [-0.3, -0.25) is 9.69 Å². The van der Waals surface area contributed by atoms with Crippen molar-refractivity contribution >= 4 is 17.5 Å². The van der Waals surface area contributed by atoms with E-state index in [0.29, 0.717) is 22.9 Å². The van der Waals surface area contributed by atoms with Crippen molar-refractivity contribution < 1.29 is 9.53 Å². The molecule has 2 fully saturated rings. The Morgan fingerprint density at radius 1 is 1.11 bits per heavy atom. The lowest BCUT2D eigenvalue weighted by atomic mass is 9.96. The lowest BCUT2D eigenvalue weighted by molar-refractivity contribution is -0.128. The molecule has 0 saturated carbocycles. The maximum atomic E-state index is 12.6. The molecule has 2 aliphatic heterocycles. The summed E-state index contributed by atoms with van der Waals surface area (Å²) >= 11 is 5.90. The van der Waals surface area contributed by atoms with Gasteiger partial charge in [0.2, 0.25) is 0 Å². The van der Waals surface area contributed by atoms with E-state index >= 15 is 0 Å². The zero-order valence-electron chi connectivity index (χ0n) is 16.2. The zero-order valence-corrected chi connectivity index (χ0v) is 16.9. The highest BCUT2D eigenvalue weighted by atomic mass is 35.5. The van der Waals surface area contributed by atoms with Crippen LogP contribution in [0.2, 0.25) is 5.02 Å². The number of nitrogens with zero attached hydrogens (tertiary/aromatic N) is 1. The Labute approximate surface area is 171 Å². The van der Waals surface area contributed by atoms with Crippen LogP contribution in [0.3, 0.4) is 0 Å². The largest absolute Gasteiger partial charge is 0.481 e. The molecule has 4 nitrogen and oxygen atoms in total. The Morgan fingerprint density at radius 3 is 2.39 bits per heavy atom. The van der Waals surface area contributed by atoms with Gasteiger partial charge < -0.3 is 10.1 Å². The van der Waals surface area contributed by atoms with Gasteiger partial charge in [0.15, 0.2) is 6.10 Å². The van der Waals surface area contributed by atoms with Crippen LogP contribution in [-0.2, 0) is 11.3 Å². The predicted molar refractivity (Wildman–Crippen MR) is 112 cm³/mol. The molecule has 28 heavy (non-hydrogen) atoms. The fourth-order valence-corrected chi connectivity index (χ4v) is 4.66. The number of nitrogens with one attached hydrogen (secondary N) is 1. The molecule has 0 aromatic heterocycles. The topological polar surface area (TPSA) is 41.6 Å². The Morgan fingerprint density at radius 2 is 1.75 bits per heavy atom. The molecule has 1 N–H and O–H groups in total. The van der Waals surface area contributed by atoms with Gasteiger partial charge in [0.25, 0.3) is 5.91 Å². The van der Waals surface area contributed by atoms with E-state index in [1.54, 1.807) is 31.2 Å². The predicted octanol–water partition coefficient (Wildman–Crippen LogP) is 4.42. The van der Waals surface area contributed by atoms with Gasteiger partial charge in [0.05, 0.1) is 0 Å². The molecule has 2 aliphatic rings. The molecule has 1 amide bonds. The number of rotatable bonds is 6. The van der Waals surface area contributed by atoms with Crippen molar-refractivity contribution in [2.75, 3.05) is 0 Å². The van der Waals surface area contributed by atoms with Crippen LogP contribution in [-0.4, -0.2) is 35.0 Å². The molecule has 5 heteroatoms. The molecule has 2 aromatic rings. The van der Waals surface area contributed by atoms with Crippen LogP contribution in [0.5, 0.6) is 5.75 Å². The van der Waals surface area contributed by atoms with Crippen LogP contribution in [0.1, 0.15) is 38.2 Å². The standard InChI is InChI=1S/C23H27ClN2O2/c1-16(28-22-11-7-18(24)8-12-22)23(27)25-19-13-20-9-10-21(14-19)26(20)15-17-5-3-2-4-6-17/h2-8,11-12,16,19-21H,9-10,13-15H2,1H3,(H,25,27). The Bertz CT molecular complexity index is 782. The summed E-state index contributed by atoms with van der Waals surface area (Å²) in [5, 5.41) is 3.87. The first-order chi connectivity index (χ1) is 13.6. The molecule has 2 bridgehead atoms. The van der Waals surface area contributed by atoms with E-state index < -0.39 is 6.10 Å². The lowest BCUT2D eigenvalue weighted by Gasteiger charge is -2.39. The monoisotopic (exact) mass is 398 g/mol. The Kier molecular flexibility index (Phi) is 5.88. The molecule has 2 saturated heterocycles. The Hall–Kier alpha value is -2.04. The lowest BCUT2D eigenvalue weighted by Crippen LogP contribution is -2.52. The van der Waals surface area contributed by atoms with Crippen molar-refractivity contribution in [2.24, 2.45) is 0 Å². The minimum absolute atomic E-state index is 0.0455. The van der Waals surface area contributed by atoms with Gasteiger partial charge in [-0.05, 0) is 62.4 Å². The highest BCUT2D eigenvalue weighted by Crippen LogP contribution is 2.36. The number of carbonyl (C=O) groups excluding carboxylic acids is 1. The molecule has 4 rings (SSSR count). The molecule has 148 valence electrons. The van der Waals surface area contributed by atoms with E-state index in [0.717, 1.165) is 19.4 Å². The minimum Gasteiger partial charge on any atom is -0.481 e. The maximum absolute atomic E-state index is 12.6. The van der Waals surface area contributed by atoms with Gasteiger partial charge in [0.1, 0.15) is 5.75 Å². The van der Waals surface area contributed by atoms with Crippen LogP contribution in [0.25, 0.3) is 0 Å². The summed E-state index contributed by atoms with van der Waals surface area (Å²) in [6.07, 6.45) is 3.95. The number of carbonyl (C=O) groups is 1. The van der Waals surface area contributed by atoms with Crippen molar-refractivity contribution in [3.8, 4) is 5.75 Å². The Balaban J connectivity index is 1.30. The number of benzene rings is 2. The SMILES string of the molecule is CC(Oc1ccc(Cl)cc1)C(=O)NC1CC2CCC(C1)N2Cc1ccccc1. The van der Waals surface area contributed by atoms with Crippen molar-refractivity contribution in [3.05, 3.63) is 65.2 Å². The number of fused-ring (bicyclic) bond motifs is 2. The van der Waals surface area contributed by atoms with Crippen molar-refractivity contribution in [1.82, 2.24) is 10.2 Å². The average Bonchev–Trinajstić information content (AvgIpc) is 2.93. The number of ether oxygens (including phenoxy) is 1. The molecule has 0 radical (unpaired) electrons. The van der Waals surface area contributed by atoms with Gasteiger partial charge in [-0.25, -0.2) is 0 Å². The minimum atomic E-state index is -0.527. The quantitative estimate of drug-likeness (QED) is 0.783. The molecule has 3 unspecified atom stereocenters. The fourth-order valence-electron chi connectivity index (χ4n) is 4.53. The maximum Gasteiger partial charge on any atom is 0.260 e. The van der Waals surface area contributed by atoms with E-state index in [1.165, 1.54) is 18.4 Å². The van der Waals surface area contributed by atoms with Crippen molar-refractivity contribution in [1.29, 1.82) is 0 Å². The van der Waals surface area contributed by atoms with E-state index in [2.05, 4.69) is 40.5 Å². The van der Waals surface area contributed by atoms with E-state index in [-0.39, 0.29) is 11.9 Å². The molecule has 0 aliphatic carbocycles. The third-order valence-corrected chi connectivity index (χ3v) is 6.19. The smallest absolute Gasteiger partial charge is 0.260 e. The first kappa shape index (κ1) is 19.3. The number of hydrogen-bond acceptors (Lipinski definition) is 3. The van der Waals surface area contributed by atoms with Gasteiger partial charge in [-0.2, -0.15) is 0 Å². The summed E-state index contributed by atoms with van der Waals surface area (Å²) in [6, 6.07) is 19.1. The van der Waals surface area contributed by atoms with Crippen LogP contribution < -0.4 is 10.1 Å². The van der Waals surface area contributed by atoms with Crippen LogP contribution in [0.15, 0.2) is 54.6 Å². The second-order valence-corrected chi connectivity index (χ2v) is 8.37. The third-order valence-electron chi connectivity index (χ3n) is 5.93. The van der Waals surface area contributed by atoms with Crippen LogP contribution in [0.4, 0.5) is 0 Å². The highest BCUT2D eigenvalue weighted by molar-refractivity contribution is 6.30. The summed E-state index contributed by atoms with van der Waals surface area (Å²) < 4.78 is 5.76. The first-order valence-corrected chi connectivity index (χ1v) is 10.5. The number of piperidine rings is 1. The summed E-state index contributed by atoms with van der Waals surface area (Å²) in [5.41, 5.74) is 1.37. The molecule has 0 spiro atoms. The first-order valence-electron chi connectivity index (χ1n) is 10.1. The second-order valence-electron chi connectivity index (χ2n) is 7.93. The van der Waals surface area contributed by atoms with Crippen LogP contribution in [0, 0.1) is 0 Å². The van der Waals surface area contributed by atoms with Gasteiger partial charge >= 0.3 is 0 Å². The third kappa shape index (κ3) is 4.50. The number of amides is 1. The second kappa shape index (κ2) is 8.54. The molecule has 2 aromatic carbocycles. The number of hydrogen-bond donors (Lipinski definition) is 1. The molecular formula is C23H27ClN2O2.